The Bertz CT molecular complexity index is 717. The van der Waals surface area contributed by atoms with Crippen molar-refractivity contribution in [2.24, 2.45) is 5.11 Å². The highest BCUT2D eigenvalue weighted by molar-refractivity contribution is 7.85. The number of hydrogen-bond acceptors (Lipinski definition) is 6. The quantitative estimate of drug-likeness (QED) is 0.166. The van der Waals surface area contributed by atoms with Gasteiger partial charge in [-0.05, 0) is 30.0 Å². The number of rotatable bonds is 9. The molecule has 0 aliphatic carbocycles. The smallest absolute Gasteiger partial charge is 0.264 e. The average molecular weight is 367 g/mol. The molecule has 0 spiro atoms. The first kappa shape index (κ1) is 19.4. The van der Waals surface area contributed by atoms with Crippen LogP contribution in [0.2, 0.25) is 0 Å². The van der Waals surface area contributed by atoms with Crippen LogP contribution in [0, 0.1) is 0 Å². The van der Waals surface area contributed by atoms with Crippen LogP contribution < -0.4 is 0 Å². The Morgan fingerprint density at radius 2 is 2.04 bits per heavy atom. The molecule has 0 unspecified atom stereocenters. The van der Waals surface area contributed by atoms with Gasteiger partial charge in [0, 0.05) is 4.91 Å². The zero-order chi connectivity index (χ0) is 18.1. The van der Waals surface area contributed by atoms with Gasteiger partial charge < -0.3 is 9.47 Å². The van der Waals surface area contributed by atoms with E-state index in [-0.39, 0.29) is 6.61 Å². The van der Waals surface area contributed by atoms with Gasteiger partial charge >= 0.3 is 0 Å². The molecule has 0 amide bonds. The molecule has 3 atom stereocenters. The molecular weight excluding hydrogens is 346 g/mol. The van der Waals surface area contributed by atoms with Gasteiger partial charge in [-0.2, -0.15) is 8.42 Å². The molecule has 0 N–H and O–H groups in total. The SMILES string of the molecule is CS(=O)(=O)OCCC[C@@H]1O[C@@H](OCc2ccccc2)C=C[C@H]1N=[N+]=[N-]. The minimum Gasteiger partial charge on any atom is -0.345 e. The van der Waals surface area contributed by atoms with Crippen LogP contribution in [0.4, 0.5) is 0 Å². The van der Waals surface area contributed by atoms with Gasteiger partial charge in [0.2, 0.25) is 0 Å². The highest BCUT2D eigenvalue weighted by Crippen LogP contribution is 2.22. The van der Waals surface area contributed by atoms with E-state index in [1.807, 2.05) is 30.3 Å². The van der Waals surface area contributed by atoms with Crippen LogP contribution in [-0.2, 0) is 30.4 Å². The first-order valence-corrected chi connectivity index (χ1v) is 9.67. The Labute approximate surface area is 147 Å². The van der Waals surface area contributed by atoms with Crippen molar-refractivity contribution in [2.45, 2.75) is 37.9 Å². The predicted molar refractivity (Wildman–Crippen MR) is 92.0 cm³/mol. The first-order chi connectivity index (χ1) is 12.0. The van der Waals surface area contributed by atoms with E-state index in [1.54, 1.807) is 12.2 Å². The number of hydrogen-bond donors (Lipinski definition) is 0. The molecule has 1 heterocycles. The second-order valence-electron chi connectivity index (χ2n) is 5.59. The fraction of sp³-hybridized carbons (Fsp3) is 0.500. The van der Waals surface area contributed by atoms with Crippen LogP contribution in [0.5, 0.6) is 0 Å². The fourth-order valence-electron chi connectivity index (χ4n) is 2.38. The average Bonchev–Trinajstić information content (AvgIpc) is 2.59. The van der Waals surface area contributed by atoms with Crippen LogP contribution in [-0.4, -0.2) is 39.7 Å². The lowest BCUT2D eigenvalue weighted by Gasteiger charge is -2.30. The summed E-state index contributed by atoms with van der Waals surface area (Å²) in [6.45, 7) is 0.451. The highest BCUT2D eigenvalue weighted by atomic mass is 32.2. The molecule has 0 saturated heterocycles. The molecule has 1 aliphatic heterocycles. The van der Waals surface area contributed by atoms with Crippen molar-refractivity contribution in [1.29, 1.82) is 0 Å². The summed E-state index contributed by atoms with van der Waals surface area (Å²) in [4.78, 5) is 2.82. The summed E-state index contributed by atoms with van der Waals surface area (Å²) in [5.74, 6) is 0. The molecule has 0 radical (unpaired) electrons. The standard InChI is InChI=1S/C16H21N3O5S/c1-25(20,21)23-11-5-8-15-14(18-19-17)9-10-16(24-15)22-12-13-6-3-2-4-7-13/h2-4,6-7,9-10,14-16H,5,8,11-12H2,1H3/t14-,15+,16-/m1/s1. The monoisotopic (exact) mass is 367 g/mol. The first-order valence-electron chi connectivity index (χ1n) is 7.86. The summed E-state index contributed by atoms with van der Waals surface area (Å²) in [5, 5.41) is 3.70. The second kappa shape index (κ2) is 9.55. The second-order valence-corrected chi connectivity index (χ2v) is 7.23. The van der Waals surface area contributed by atoms with Crippen molar-refractivity contribution >= 4 is 10.1 Å². The maximum Gasteiger partial charge on any atom is 0.264 e. The largest absolute Gasteiger partial charge is 0.345 e. The van der Waals surface area contributed by atoms with Gasteiger partial charge in [0.05, 0.1) is 31.6 Å². The molecule has 1 aromatic carbocycles. The zero-order valence-electron chi connectivity index (χ0n) is 13.9. The van der Waals surface area contributed by atoms with Crippen molar-refractivity contribution in [3.63, 3.8) is 0 Å². The summed E-state index contributed by atoms with van der Waals surface area (Å²) in [5.41, 5.74) is 9.69. The molecular formula is C16H21N3O5S. The number of ether oxygens (including phenoxy) is 2. The molecule has 136 valence electrons. The van der Waals surface area contributed by atoms with Crippen LogP contribution in [0.15, 0.2) is 47.6 Å². The third kappa shape index (κ3) is 7.25. The van der Waals surface area contributed by atoms with E-state index in [0.717, 1.165) is 11.8 Å². The zero-order valence-corrected chi connectivity index (χ0v) is 14.7. The van der Waals surface area contributed by atoms with Crippen molar-refractivity contribution in [3.8, 4) is 0 Å². The molecule has 1 aliphatic rings. The minimum absolute atomic E-state index is 0.0565. The van der Waals surface area contributed by atoms with E-state index in [4.69, 9.17) is 19.2 Å². The Hall–Kier alpha value is -1.90. The van der Waals surface area contributed by atoms with E-state index in [0.29, 0.717) is 19.4 Å². The van der Waals surface area contributed by atoms with Crippen molar-refractivity contribution < 1.29 is 22.1 Å². The number of nitrogens with zero attached hydrogens (tertiary/aromatic N) is 3. The molecule has 0 bridgehead atoms. The van der Waals surface area contributed by atoms with Gasteiger partial charge in [-0.1, -0.05) is 41.5 Å². The molecule has 1 aromatic rings. The highest BCUT2D eigenvalue weighted by Gasteiger charge is 2.26. The Morgan fingerprint density at radius 3 is 2.72 bits per heavy atom. The summed E-state index contributed by atoms with van der Waals surface area (Å²) in [6, 6.07) is 9.24. The summed E-state index contributed by atoms with van der Waals surface area (Å²) in [6.07, 6.45) is 4.45. The van der Waals surface area contributed by atoms with Crippen LogP contribution in [0.25, 0.3) is 10.4 Å². The normalized spacial score (nSPS) is 23.2. The van der Waals surface area contributed by atoms with Gasteiger partial charge in [-0.15, -0.1) is 0 Å². The van der Waals surface area contributed by atoms with Crippen molar-refractivity contribution in [3.05, 3.63) is 58.5 Å². The van der Waals surface area contributed by atoms with Gasteiger partial charge in [0.25, 0.3) is 10.1 Å². The molecule has 0 saturated carbocycles. The van der Waals surface area contributed by atoms with E-state index in [9.17, 15) is 8.42 Å². The molecule has 2 rings (SSSR count). The van der Waals surface area contributed by atoms with Crippen LogP contribution in [0.3, 0.4) is 0 Å². The van der Waals surface area contributed by atoms with Crippen molar-refractivity contribution in [1.82, 2.24) is 0 Å². The Morgan fingerprint density at radius 1 is 1.28 bits per heavy atom. The molecule has 0 fully saturated rings. The van der Waals surface area contributed by atoms with Gasteiger partial charge in [-0.25, -0.2) is 0 Å². The third-order valence-electron chi connectivity index (χ3n) is 3.53. The van der Waals surface area contributed by atoms with Crippen molar-refractivity contribution in [2.75, 3.05) is 12.9 Å². The number of azide groups is 1. The van der Waals surface area contributed by atoms with Crippen LogP contribution in [0.1, 0.15) is 18.4 Å². The van der Waals surface area contributed by atoms with E-state index in [2.05, 4.69) is 10.0 Å². The van der Waals surface area contributed by atoms with E-state index >= 15 is 0 Å². The summed E-state index contributed by atoms with van der Waals surface area (Å²) in [7, 11) is -3.46. The summed E-state index contributed by atoms with van der Waals surface area (Å²) < 4.78 is 38.2. The van der Waals surface area contributed by atoms with Gasteiger partial charge in [-0.3, -0.25) is 4.18 Å². The number of benzene rings is 1. The topological polar surface area (TPSA) is 111 Å². The molecule has 9 heteroatoms. The third-order valence-corrected chi connectivity index (χ3v) is 4.12. The predicted octanol–water partition coefficient (Wildman–Crippen LogP) is 2.92. The lowest BCUT2D eigenvalue weighted by Crippen LogP contribution is -2.35. The van der Waals surface area contributed by atoms with Crippen LogP contribution >= 0.6 is 0 Å². The lowest BCUT2D eigenvalue weighted by molar-refractivity contribution is -0.159. The minimum atomic E-state index is -3.46. The maximum atomic E-state index is 11.0. The Balaban J connectivity index is 1.87. The molecule has 0 aromatic heterocycles. The molecule has 25 heavy (non-hydrogen) atoms. The fourth-order valence-corrected chi connectivity index (χ4v) is 2.80. The van der Waals surface area contributed by atoms with E-state index in [1.165, 1.54) is 0 Å². The Kier molecular flexibility index (Phi) is 7.42. The summed E-state index contributed by atoms with van der Waals surface area (Å²) >= 11 is 0. The maximum absolute atomic E-state index is 11.0. The van der Waals surface area contributed by atoms with Gasteiger partial charge in [0.15, 0.2) is 6.29 Å². The van der Waals surface area contributed by atoms with Gasteiger partial charge in [0.1, 0.15) is 0 Å². The lowest BCUT2D eigenvalue weighted by atomic mass is 10.0. The molecule has 8 nitrogen and oxygen atoms in total. The van der Waals surface area contributed by atoms with E-state index < -0.39 is 28.6 Å².